The third kappa shape index (κ3) is 2.84. The van der Waals surface area contributed by atoms with Gasteiger partial charge in [-0.1, -0.05) is 12.8 Å². The summed E-state index contributed by atoms with van der Waals surface area (Å²) in [6, 6.07) is 3.90. The zero-order valence-electron chi connectivity index (χ0n) is 13.0. The molecular weight excluding hydrogens is 278 g/mol. The van der Waals surface area contributed by atoms with E-state index in [1.165, 1.54) is 19.3 Å². The number of rotatable bonds is 4. The first-order valence-corrected chi connectivity index (χ1v) is 8.71. The van der Waals surface area contributed by atoms with Crippen molar-refractivity contribution in [2.24, 2.45) is 5.92 Å². The molecule has 0 bridgehead atoms. The molecule has 1 aromatic rings. The summed E-state index contributed by atoms with van der Waals surface area (Å²) in [5, 5.41) is 14.7. The Morgan fingerprint density at radius 2 is 1.91 bits per heavy atom. The van der Waals surface area contributed by atoms with Gasteiger partial charge in [0.25, 0.3) is 5.56 Å². The maximum Gasteiger partial charge on any atom is 0.266 e. The minimum Gasteiger partial charge on any atom is -0.391 e. The lowest BCUT2D eigenvalue weighted by atomic mass is 9.87. The highest BCUT2D eigenvalue weighted by Gasteiger charge is 2.37. The summed E-state index contributed by atoms with van der Waals surface area (Å²) in [5.41, 5.74) is 1.10. The summed E-state index contributed by atoms with van der Waals surface area (Å²) in [6.45, 7) is 2.70. The minimum atomic E-state index is -0.159. The fourth-order valence-corrected chi connectivity index (χ4v) is 3.95. The Morgan fingerprint density at radius 1 is 1.14 bits per heavy atom. The van der Waals surface area contributed by atoms with E-state index in [0.29, 0.717) is 17.9 Å². The van der Waals surface area contributed by atoms with Crippen LogP contribution in [-0.2, 0) is 6.54 Å². The van der Waals surface area contributed by atoms with Gasteiger partial charge < -0.3 is 5.11 Å². The SMILES string of the molecule is O=c1ccc(C2CC2)nn1CC1CN(C2CCCCC2O)C1. The van der Waals surface area contributed by atoms with Crippen LogP contribution >= 0.6 is 0 Å². The van der Waals surface area contributed by atoms with Crippen LogP contribution in [0.1, 0.15) is 50.1 Å². The number of likely N-dealkylation sites (tertiary alicyclic amines) is 1. The Hall–Kier alpha value is -1.20. The van der Waals surface area contributed by atoms with Crippen molar-refractivity contribution in [2.75, 3.05) is 13.1 Å². The third-order valence-corrected chi connectivity index (χ3v) is 5.46. The van der Waals surface area contributed by atoms with E-state index in [1.54, 1.807) is 10.7 Å². The van der Waals surface area contributed by atoms with Crippen LogP contribution in [0, 0.1) is 5.92 Å². The molecule has 2 unspecified atom stereocenters. The first-order chi connectivity index (χ1) is 10.7. The number of hydrogen-bond acceptors (Lipinski definition) is 4. The standard InChI is InChI=1S/C17H25N3O2/c21-16-4-2-1-3-15(16)19-9-12(10-19)11-20-17(22)8-7-14(18-20)13-5-6-13/h7-8,12-13,15-16,21H,1-6,9-11H2. The Bertz CT molecular complexity index is 590. The lowest BCUT2D eigenvalue weighted by molar-refractivity contribution is -0.0404. The van der Waals surface area contributed by atoms with Gasteiger partial charge in [-0.3, -0.25) is 9.69 Å². The van der Waals surface area contributed by atoms with E-state index >= 15 is 0 Å². The molecule has 22 heavy (non-hydrogen) atoms. The Balaban J connectivity index is 1.36. The number of aliphatic hydroxyl groups excluding tert-OH is 1. The van der Waals surface area contributed by atoms with Crippen LogP contribution in [-0.4, -0.2) is 45.0 Å². The van der Waals surface area contributed by atoms with E-state index in [-0.39, 0.29) is 11.7 Å². The maximum absolute atomic E-state index is 12.0. The van der Waals surface area contributed by atoms with Gasteiger partial charge in [-0.05, 0) is 31.7 Å². The topological polar surface area (TPSA) is 58.4 Å². The lowest BCUT2D eigenvalue weighted by Gasteiger charge is -2.47. The predicted molar refractivity (Wildman–Crippen MR) is 83.8 cm³/mol. The fraction of sp³-hybridized carbons (Fsp3) is 0.765. The smallest absolute Gasteiger partial charge is 0.266 e. The van der Waals surface area contributed by atoms with Crippen molar-refractivity contribution in [2.45, 2.75) is 63.1 Å². The highest BCUT2D eigenvalue weighted by Crippen LogP contribution is 2.38. The van der Waals surface area contributed by atoms with Crippen molar-refractivity contribution < 1.29 is 5.11 Å². The Kier molecular flexibility index (Phi) is 3.78. The van der Waals surface area contributed by atoms with E-state index < -0.39 is 0 Å². The Labute approximate surface area is 130 Å². The molecule has 3 fully saturated rings. The molecule has 2 saturated carbocycles. The summed E-state index contributed by atoms with van der Waals surface area (Å²) in [4.78, 5) is 14.4. The highest BCUT2D eigenvalue weighted by atomic mass is 16.3. The zero-order valence-corrected chi connectivity index (χ0v) is 13.0. The van der Waals surface area contributed by atoms with Crippen molar-refractivity contribution in [3.63, 3.8) is 0 Å². The van der Waals surface area contributed by atoms with Crippen LogP contribution in [0.5, 0.6) is 0 Å². The molecule has 0 radical (unpaired) electrons. The van der Waals surface area contributed by atoms with Gasteiger partial charge in [-0.2, -0.15) is 5.10 Å². The molecule has 2 aliphatic carbocycles. The van der Waals surface area contributed by atoms with Crippen LogP contribution in [0.4, 0.5) is 0 Å². The number of hydrogen-bond donors (Lipinski definition) is 1. The molecule has 3 aliphatic rings. The minimum absolute atomic E-state index is 0.0144. The summed E-state index contributed by atoms with van der Waals surface area (Å²) in [6.07, 6.45) is 6.70. The zero-order chi connectivity index (χ0) is 15.1. The van der Waals surface area contributed by atoms with Crippen LogP contribution in [0.2, 0.25) is 0 Å². The van der Waals surface area contributed by atoms with Crippen molar-refractivity contribution in [3.05, 3.63) is 28.2 Å². The highest BCUT2D eigenvalue weighted by molar-refractivity contribution is 5.12. The molecule has 1 aliphatic heterocycles. The van der Waals surface area contributed by atoms with Gasteiger partial charge >= 0.3 is 0 Å². The fourth-order valence-electron chi connectivity index (χ4n) is 3.95. The monoisotopic (exact) mass is 303 g/mol. The normalized spacial score (nSPS) is 30.2. The molecule has 2 atom stereocenters. The number of aromatic nitrogens is 2. The molecule has 0 spiro atoms. The largest absolute Gasteiger partial charge is 0.391 e. The molecule has 0 aromatic carbocycles. The average molecular weight is 303 g/mol. The second-order valence-corrected chi connectivity index (χ2v) is 7.29. The quantitative estimate of drug-likeness (QED) is 0.912. The van der Waals surface area contributed by atoms with Gasteiger partial charge in [0, 0.05) is 37.0 Å². The molecular formula is C17H25N3O2. The lowest BCUT2D eigenvalue weighted by Crippen LogP contribution is -2.58. The summed E-state index contributed by atoms with van der Waals surface area (Å²) in [7, 11) is 0. The van der Waals surface area contributed by atoms with Crippen molar-refractivity contribution >= 4 is 0 Å². The maximum atomic E-state index is 12.0. The molecule has 1 N–H and O–H groups in total. The van der Waals surface area contributed by atoms with Crippen molar-refractivity contribution in [1.82, 2.24) is 14.7 Å². The molecule has 120 valence electrons. The van der Waals surface area contributed by atoms with Gasteiger partial charge in [0.2, 0.25) is 0 Å². The first kappa shape index (κ1) is 14.4. The van der Waals surface area contributed by atoms with E-state index in [1.807, 2.05) is 6.07 Å². The van der Waals surface area contributed by atoms with Gasteiger partial charge in [0.15, 0.2) is 0 Å². The van der Waals surface area contributed by atoms with Crippen LogP contribution in [0.25, 0.3) is 0 Å². The van der Waals surface area contributed by atoms with Crippen LogP contribution in [0.15, 0.2) is 16.9 Å². The third-order valence-electron chi connectivity index (χ3n) is 5.46. The average Bonchev–Trinajstić information content (AvgIpc) is 3.30. The predicted octanol–water partition coefficient (Wildman–Crippen LogP) is 1.36. The van der Waals surface area contributed by atoms with Crippen molar-refractivity contribution in [1.29, 1.82) is 0 Å². The molecule has 4 rings (SSSR count). The van der Waals surface area contributed by atoms with Gasteiger partial charge in [-0.25, -0.2) is 4.68 Å². The molecule has 0 amide bonds. The van der Waals surface area contributed by atoms with Crippen molar-refractivity contribution in [3.8, 4) is 0 Å². The molecule has 2 heterocycles. The summed E-state index contributed by atoms with van der Waals surface area (Å²) in [5.74, 6) is 1.08. The van der Waals surface area contributed by atoms with Crippen LogP contribution < -0.4 is 5.56 Å². The first-order valence-electron chi connectivity index (χ1n) is 8.71. The van der Waals surface area contributed by atoms with Crippen LogP contribution in [0.3, 0.4) is 0 Å². The van der Waals surface area contributed by atoms with E-state index in [0.717, 1.165) is 44.6 Å². The van der Waals surface area contributed by atoms with Gasteiger partial charge in [0.05, 0.1) is 18.3 Å². The molecule has 1 saturated heterocycles. The van der Waals surface area contributed by atoms with Gasteiger partial charge in [-0.15, -0.1) is 0 Å². The second kappa shape index (κ2) is 5.78. The summed E-state index contributed by atoms with van der Waals surface area (Å²) < 4.78 is 1.66. The second-order valence-electron chi connectivity index (χ2n) is 7.29. The molecule has 1 aromatic heterocycles. The number of nitrogens with zero attached hydrogens (tertiary/aromatic N) is 3. The molecule has 5 nitrogen and oxygen atoms in total. The van der Waals surface area contributed by atoms with Gasteiger partial charge in [0.1, 0.15) is 0 Å². The van der Waals surface area contributed by atoms with E-state index in [4.69, 9.17) is 0 Å². The molecule has 5 heteroatoms. The van der Waals surface area contributed by atoms with E-state index in [2.05, 4.69) is 10.00 Å². The Morgan fingerprint density at radius 3 is 2.64 bits per heavy atom. The summed E-state index contributed by atoms with van der Waals surface area (Å²) >= 11 is 0. The van der Waals surface area contributed by atoms with E-state index in [9.17, 15) is 9.90 Å². The number of aliphatic hydroxyl groups is 1.